The van der Waals surface area contributed by atoms with Crippen LogP contribution in [0.4, 0.5) is 17.2 Å². The van der Waals surface area contributed by atoms with Gasteiger partial charge >= 0.3 is 0 Å². The van der Waals surface area contributed by atoms with Crippen LogP contribution in [0.15, 0.2) is 42.6 Å². The highest BCUT2D eigenvalue weighted by Gasteiger charge is 2.32. The molecule has 2 aliphatic heterocycles. The highest BCUT2D eigenvalue weighted by Crippen LogP contribution is 2.36. The fourth-order valence-electron chi connectivity index (χ4n) is 4.28. The number of fused-ring (bicyclic) bond motifs is 2. The third kappa shape index (κ3) is 4.22. The van der Waals surface area contributed by atoms with Gasteiger partial charge in [0.25, 0.3) is 5.91 Å². The molecule has 30 heavy (non-hydrogen) atoms. The first-order chi connectivity index (χ1) is 14.7. The molecule has 0 aliphatic carbocycles. The summed E-state index contributed by atoms with van der Waals surface area (Å²) in [5.41, 5.74) is 1.60. The summed E-state index contributed by atoms with van der Waals surface area (Å²) in [6, 6.07) is 11.1. The maximum atomic E-state index is 13.6. The minimum Gasteiger partial charge on any atom is -0.319 e. The standard InChI is InChI=1S/C23H29N5O2/c1-2-12-24-15-17-8-5-6-14-27(17)16-21(29)28-20-11-4-3-9-18(20)23(30)26-19-10-7-13-25-22(19)28/h3-4,7,9-11,13,17,24H,2,5-6,8,12,14-16H2,1H3,(H,26,30). The number of hydrogen-bond donors (Lipinski definition) is 2. The van der Waals surface area contributed by atoms with E-state index in [9.17, 15) is 9.59 Å². The van der Waals surface area contributed by atoms with Crippen molar-refractivity contribution >= 4 is 29.0 Å². The summed E-state index contributed by atoms with van der Waals surface area (Å²) in [6.07, 6.45) is 6.13. The summed E-state index contributed by atoms with van der Waals surface area (Å²) < 4.78 is 0. The fourth-order valence-corrected chi connectivity index (χ4v) is 4.28. The predicted octanol–water partition coefficient (Wildman–Crippen LogP) is 3.17. The molecule has 1 saturated heterocycles. The maximum absolute atomic E-state index is 13.6. The number of para-hydroxylation sites is 1. The second-order valence-electron chi connectivity index (χ2n) is 7.90. The van der Waals surface area contributed by atoms with Crippen LogP contribution in [-0.2, 0) is 4.79 Å². The summed E-state index contributed by atoms with van der Waals surface area (Å²) in [5, 5.41) is 6.39. The van der Waals surface area contributed by atoms with Crippen LogP contribution in [-0.4, -0.2) is 53.9 Å². The molecule has 158 valence electrons. The Kier molecular flexibility index (Phi) is 6.40. The Hall–Kier alpha value is -2.77. The van der Waals surface area contributed by atoms with Crippen molar-refractivity contribution in [1.29, 1.82) is 0 Å². The Morgan fingerprint density at radius 1 is 1.23 bits per heavy atom. The van der Waals surface area contributed by atoms with E-state index in [4.69, 9.17) is 0 Å². The molecule has 0 bridgehead atoms. The molecule has 0 spiro atoms. The average molecular weight is 408 g/mol. The van der Waals surface area contributed by atoms with Crippen molar-refractivity contribution in [3.05, 3.63) is 48.2 Å². The molecule has 1 unspecified atom stereocenters. The Bertz CT molecular complexity index is 916. The van der Waals surface area contributed by atoms with Crippen LogP contribution >= 0.6 is 0 Å². The van der Waals surface area contributed by atoms with Gasteiger partial charge in [-0.2, -0.15) is 0 Å². The van der Waals surface area contributed by atoms with Gasteiger partial charge in [-0.1, -0.05) is 25.5 Å². The monoisotopic (exact) mass is 407 g/mol. The topological polar surface area (TPSA) is 77.6 Å². The van der Waals surface area contributed by atoms with Crippen molar-refractivity contribution in [3.63, 3.8) is 0 Å². The first kappa shape index (κ1) is 20.5. The van der Waals surface area contributed by atoms with Gasteiger partial charge in [0, 0.05) is 18.8 Å². The van der Waals surface area contributed by atoms with E-state index in [1.165, 1.54) is 6.42 Å². The van der Waals surface area contributed by atoms with Crippen LogP contribution in [0.5, 0.6) is 0 Å². The summed E-state index contributed by atoms with van der Waals surface area (Å²) in [5.74, 6) is 0.175. The number of aromatic nitrogens is 1. The largest absolute Gasteiger partial charge is 0.319 e. The highest BCUT2D eigenvalue weighted by molar-refractivity contribution is 6.17. The lowest BCUT2D eigenvalue weighted by Crippen LogP contribution is -2.49. The number of piperidine rings is 1. The zero-order chi connectivity index (χ0) is 20.9. The van der Waals surface area contributed by atoms with Gasteiger partial charge in [0.15, 0.2) is 5.82 Å². The van der Waals surface area contributed by atoms with Crippen LogP contribution in [0.25, 0.3) is 0 Å². The SMILES string of the molecule is CCCNCC1CCCCN1CC(=O)N1c2ccccc2C(=O)Nc2cccnc21. The second-order valence-corrected chi connectivity index (χ2v) is 7.90. The number of hydrogen-bond acceptors (Lipinski definition) is 5. The molecule has 2 aromatic rings. The molecule has 0 radical (unpaired) electrons. The third-order valence-corrected chi connectivity index (χ3v) is 5.78. The third-order valence-electron chi connectivity index (χ3n) is 5.78. The van der Waals surface area contributed by atoms with Gasteiger partial charge in [-0.05, 0) is 56.6 Å². The number of benzene rings is 1. The molecule has 1 aromatic heterocycles. The summed E-state index contributed by atoms with van der Waals surface area (Å²) >= 11 is 0. The van der Waals surface area contributed by atoms with Crippen LogP contribution in [0, 0.1) is 0 Å². The number of nitrogens with one attached hydrogen (secondary N) is 2. The lowest BCUT2D eigenvalue weighted by Gasteiger charge is -2.36. The van der Waals surface area contributed by atoms with E-state index in [-0.39, 0.29) is 11.8 Å². The van der Waals surface area contributed by atoms with E-state index in [1.54, 1.807) is 29.3 Å². The molecule has 2 aliphatic rings. The number of likely N-dealkylation sites (tertiary alicyclic amines) is 1. The number of carbonyl (C=O) groups is 2. The molecular formula is C23H29N5O2. The molecule has 3 heterocycles. The van der Waals surface area contributed by atoms with Gasteiger partial charge in [-0.15, -0.1) is 0 Å². The number of pyridine rings is 1. The molecule has 1 atom stereocenters. The lowest BCUT2D eigenvalue weighted by atomic mass is 10.0. The van der Waals surface area contributed by atoms with Gasteiger partial charge in [-0.3, -0.25) is 19.4 Å². The van der Waals surface area contributed by atoms with Crippen molar-refractivity contribution in [2.24, 2.45) is 0 Å². The average Bonchev–Trinajstić information content (AvgIpc) is 2.89. The number of rotatable bonds is 6. The molecule has 0 saturated carbocycles. The smallest absolute Gasteiger partial charge is 0.257 e. The summed E-state index contributed by atoms with van der Waals surface area (Å²) in [7, 11) is 0. The minimum absolute atomic E-state index is 0.0682. The Morgan fingerprint density at radius 2 is 2.10 bits per heavy atom. The fraction of sp³-hybridized carbons (Fsp3) is 0.435. The van der Waals surface area contributed by atoms with E-state index in [2.05, 4.69) is 27.4 Å². The summed E-state index contributed by atoms with van der Waals surface area (Å²) in [4.78, 5) is 34.7. The van der Waals surface area contributed by atoms with Crippen molar-refractivity contribution in [2.45, 2.75) is 38.6 Å². The van der Waals surface area contributed by atoms with Crippen LogP contribution in [0.1, 0.15) is 43.0 Å². The maximum Gasteiger partial charge on any atom is 0.257 e. The van der Waals surface area contributed by atoms with Crippen molar-refractivity contribution < 1.29 is 9.59 Å². The molecule has 4 rings (SSSR count). The van der Waals surface area contributed by atoms with Gasteiger partial charge in [0.05, 0.1) is 23.5 Å². The Labute approximate surface area is 177 Å². The number of anilines is 3. The van der Waals surface area contributed by atoms with Gasteiger partial charge in [0.1, 0.15) is 0 Å². The molecular weight excluding hydrogens is 378 g/mol. The first-order valence-electron chi connectivity index (χ1n) is 10.8. The van der Waals surface area contributed by atoms with Gasteiger partial charge in [0.2, 0.25) is 5.91 Å². The number of carbonyl (C=O) groups excluding carboxylic acids is 2. The van der Waals surface area contributed by atoms with Crippen molar-refractivity contribution in [3.8, 4) is 0 Å². The zero-order valence-corrected chi connectivity index (χ0v) is 17.4. The van der Waals surface area contributed by atoms with E-state index in [0.29, 0.717) is 35.3 Å². The normalized spacial score (nSPS) is 18.9. The molecule has 7 heteroatoms. The Morgan fingerprint density at radius 3 is 2.97 bits per heavy atom. The van der Waals surface area contributed by atoms with Crippen molar-refractivity contribution in [2.75, 3.05) is 36.4 Å². The Balaban J connectivity index is 1.63. The molecule has 7 nitrogen and oxygen atoms in total. The van der Waals surface area contributed by atoms with Crippen LogP contribution in [0.2, 0.25) is 0 Å². The zero-order valence-electron chi connectivity index (χ0n) is 17.4. The molecule has 2 N–H and O–H groups in total. The van der Waals surface area contributed by atoms with E-state index < -0.39 is 0 Å². The van der Waals surface area contributed by atoms with Gasteiger partial charge in [-0.25, -0.2) is 4.98 Å². The molecule has 2 amide bonds. The first-order valence-corrected chi connectivity index (χ1v) is 10.8. The lowest BCUT2D eigenvalue weighted by molar-refractivity contribution is -0.119. The number of nitrogens with zero attached hydrogens (tertiary/aromatic N) is 3. The summed E-state index contributed by atoms with van der Waals surface area (Å²) in [6.45, 7) is 5.25. The quantitative estimate of drug-likeness (QED) is 0.720. The van der Waals surface area contributed by atoms with Crippen molar-refractivity contribution in [1.82, 2.24) is 15.2 Å². The highest BCUT2D eigenvalue weighted by atomic mass is 16.2. The van der Waals surface area contributed by atoms with E-state index >= 15 is 0 Å². The molecule has 1 fully saturated rings. The van der Waals surface area contributed by atoms with Gasteiger partial charge < -0.3 is 10.6 Å². The predicted molar refractivity (Wildman–Crippen MR) is 118 cm³/mol. The minimum atomic E-state index is -0.227. The van der Waals surface area contributed by atoms with Crippen LogP contribution in [0.3, 0.4) is 0 Å². The van der Waals surface area contributed by atoms with E-state index in [1.807, 2.05) is 18.2 Å². The number of amides is 2. The van der Waals surface area contributed by atoms with Crippen LogP contribution < -0.4 is 15.5 Å². The van der Waals surface area contributed by atoms with E-state index in [0.717, 1.165) is 38.9 Å². The molecule has 1 aromatic carbocycles. The second kappa shape index (κ2) is 9.36.